The highest BCUT2D eigenvalue weighted by atomic mass is 16.1. The molecule has 3 aromatic rings. The van der Waals surface area contributed by atoms with E-state index in [2.05, 4.69) is 65.2 Å². The van der Waals surface area contributed by atoms with Gasteiger partial charge in [0.05, 0.1) is 5.92 Å². The van der Waals surface area contributed by atoms with Crippen molar-refractivity contribution in [3.63, 3.8) is 0 Å². The van der Waals surface area contributed by atoms with E-state index in [1.807, 2.05) is 30.6 Å². The number of piperidine rings is 1. The first-order chi connectivity index (χ1) is 14.5. The maximum Gasteiger partial charge on any atom is 0.229 e. The normalized spacial score (nSPS) is 16.4. The van der Waals surface area contributed by atoms with Gasteiger partial charge in [-0.2, -0.15) is 0 Å². The van der Waals surface area contributed by atoms with Crippen molar-refractivity contribution in [2.75, 3.05) is 23.3 Å². The van der Waals surface area contributed by atoms with Crippen molar-refractivity contribution >= 4 is 17.5 Å². The van der Waals surface area contributed by atoms with E-state index in [0.717, 1.165) is 36.2 Å². The Balaban J connectivity index is 1.42. The molecule has 1 aromatic heterocycles. The number of carbonyl (C=O) groups excluding carboxylic acids is 1. The fraction of sp³-hybridized carbons (Fsp3) is 0.320. The summed E-state index contributed by atoms with van der Waals surface area (Å²) in [4.78, 5) is 24.1. The van der Waals surface area contributed by atoms with Gasteiger partial charge in [-0.3, -0.25) is 4.79 Å². The molecule has 0 saturated carbocycles. The number of rotatable bonds is 4. The molecule has 0 aliphatic carbocycles. The van der Waals surface area contributed by atoms with Crippen molar-refractivity contribution in [3.05, 3.63) is 71.5 Å². The minimum absolute atomic E-state index is 0.0687. The zero-order valence-corrected chi connectivity index (χ0v) is 17.9. The van der Waals surface area contributed by atoms with E-state index < -0.39 is 0 Å². The second-order valence-corrected chi connectivity index (χ2v) is 8.21. The lowest BCUT2D eigenvalue weighted by molar-refractivity contribution is -0.120. The topological polar surface area (TPSA) is 58.1 Å². The van der Waals surface area contributed by atoms with E-state index >= 15 is 0 Å². The van der Waals surface area contributed by atoms with Gasteiger partial charge in [0, 0.05) is 36.7 Å². The maximum absolute atomic E-state index is 12.8. The van der Waals surface area contributed by atoms with E-state index in [-0.39, 0.29) is 11.8 Å². The van der Waals surface area contributed by atoms with E-state index in [9.17, 15) is 4.79 Å². The van der Waals surface area contributed by atoms with Crippen LogP contribution in [0.1, 0.15) is 29.5 Å². The highest BCUT2D eigenvalue weighted by Crippen LogP contribution is 2.24. The Morgan fingerprint density at radius 3 is 2.40 bits per heavy atom. The van der Waals surface area contributed by atoms with Crippen LogP contribution in [-0.2, 0) is 4.79 Å². The van der Waals surface area contributed by atoms with Crippen LogP contribution in [0.5, 0.6) is 0 Å². The molecule has 4 rings (SSSR count). The monoisotopic (exact) mass is 400 g/mol. The Morgan fingerprint density at radius 1 is 0.967 bits per heavy atom. The van der Waals surface area contributed by atoms with Gasteiger partial charge < -0.3 is 10.2 Å². The predicted molar refractivity (Wildman–Crippen MR) is 122 cm³/mol. The molecule has 2 aromatic carbocycles. The molecule has 30 heavy (non-hydrogen) atoms. The Labute approximate surface area is 178 Å². The van der Waals surface area contributed by atoms with E-state index in [0.29, 0.717) is 12.5 Å². The number of nitrogens with zero attached hydrogens (tertiary/aromatic N) is 3. The van der Waals surface area contributed by atoms with Gasteiger partial charge in [0.25, 0.3) is 0 Å². The van der Waals surface area contributed by atoms with Gasteiger partial charge in [0.2, 0.25) is 11.9 Å². The molecule has 5 nitrogen and oxygen atoms in total. The Kier molecular flexibility index (Phi) is 5.79. The quantitative estimate of drug-likeness (QED) is 0.675. The van der Waals surface area contributed by atoms with Crippen molar-refractivity contribution < 1.29 is 4.79 Å². The molecule has 1 aliphatic heterocycles. The van der Waals surface area contributed by atoms with Crippen molar-refractivity contribution in [1.82, 2.24) is 9.97 Å². The van der Waals surface area contributed by atoms with Crippen LogP contribution in [-0.4, -0.2) is 29.0 Å². The van der Waals surface area contributed by atoms with Crippen LogP contribution in [0.2, 0.25) is 0 Å². The summed E-state index contributed by atoms with van der Waals surface area (Å²) in [5, 5.41) is 3.08. The first-order valence-electron chi connectivity index (χ1n) is 10.5. The van der Waals surface area contributed by atoms with Crippen molar-refractivity contribution in [1.29, 1.82) is 0 Å². The van der Waals surface area contributed by atoms with Crippen molar-refractivity contribution in [2.45, 2.75) is 33.6 Å². The average molecular weight is 401 g/mol. The minimum Gasteiger partial charge on any atom is -0.340 e. The molecular formula is C25H28N4O. The van der Waals surface area contributed by atoms with Crippen LogP contribution in [0.15, 0.2) is 54.9 Å². The summed E-state index contributed by atoms with van der Waals surface area (Å²) in [5.41, 5.74) is 6.60. The number of carbonyl (C=O) groups is 1. The molecule has 0 radical (unpaired) electrons. The lowest BCUT2D eigenvalue weighted by Gasteiger charge is -2.32. The van der Waals surface area contributed by atoms with Crippen molar-refractivity contribution in [2.24, 2.45) is 5.92 Å². The molecule has 1 saturated heterocycles. The zero-order chi connectivity index (χ0) is 21.1. The fourth-order valence-corrected chi connectivity index (χ4v) is 3.82. The lowest BCUT2D eigenvalue weighted by Crippen LogP contribution is -2.41. The summed E-state index contributed by atoms with van der Waals surface area (Å²) >= 11 is 0. The van der Waals surface area contributed by atoms with Crippen LogP contribution in [0, 0.1) is 26.7 Å². The van der Waals surface area contributed by atoms with Gasteiger partial charge >= 0.3 is 0 Å². The Bertz CT molecular complexity index is 1030. The fourth-order valence-electron chi connectivity index (χ4n) is 3.82. The molecule has 1 unspecified atom stereocenters. The van der Waals surface area contributed by atoms with Gasteiger partial charge in [0.15, 0.2) is 0 Å². The highest BCUT2D eigenvalue weighted by molar-refractivity contribution is 5.93. The summed E-state index contributed by atoms with van der Waals surface area (Å²) in [6, 6.07) is 14.4. The standard InChI is InChI=1S/C25H28N4O/c1-17-6-9-20(10-7-17)22-14-26-25(27-15-22)29-12-4-5-21(16-29)24(30)28-23-11-8-18(2)19(3)13-23/h6-11,13-15,21H,4-5,12,16H2,1-3H3,(H,28,30). The Hall–Kier alpha value is -3.21. The molecule has 1 fully saturated rings. The first-order valence-corrected chi connectivity index (χ1v) is 10.5. The largest absolute Gasteiger partial charge is 0.340 e. The minimum atomic E-state index is -0.0688. The van der Waals surface area contributed by atoms with Gasteiger partial charge in [-0.1, -0.05) is 35.9 Å². The van der Waals surface area contributed by atoms with Crippen LogP contribution < -0.4 is 10.2 Å². The number of aryl methyl sites for hydroxylation is 3. The highest BCUT2D eigenvalue weighted by Gasteiger charge is 2.27. The number of benzene rings is 2. The van der Waals surface area contributed by atoms with Gasteiger partial charge in [-0.15, -0.1) is 0 Å². The number of nitrogens with one attached hydrogen (secondary N) is 1. The molecule has 5 heteroatoms. The van der Waals surface area contributed by atoms with E-state index in [1.54, 1.807) is 0 Å². The summed E-state index contributed by atoms with van der Waals surface area (Å²) in [6.45, 7) is 7.72. The molecule has 0 spiro atoms. The number of amides is 1. The smallest absolute Gasteiger partial charge is 0.229 e. The third kappa shape index (κ3) is 4.51. The van der Waals surface area contributed by atoms with Gasteiger partial charge in [-0.25, -0.2) is 9.97 Å². The molecular weight excluding hydrogens is 372 g/mol. The molecule has 1 N–H and O–H groups in total. The Morgan fingerprint density at radius 2 is 1.70 bits per heavy atom. The van der Waals surface area contributed by atoms with Gasteiger partial charge in [-0.05, 0) is 62.4 Å². The third-order valence-electron chi connectivity index (χ3n) is 5.87. The number of hydrogen-bond donors (Lipinski definition) is 1. The molecule has 0 bridgehead atoms. The molecule has 1 aliphatic rings. The summed E-state index contributed by atoms with van der Waals surface area (Å²) in [6.07, 6.45) is 5.57. The third-order valence-corrected chi connectivity index (χ3v) is 5.87. The number of aromatic nitrogens is 2. The number of anilines is 2. The number of hydrogen-bond acceptors (Lipinski definition) is 4. The summed E-state index contributed by atoms with van der Waals surface area (Å²) < 4.78 is 0. The SMILES string of the molecule is Cc1ccc(-c2cnc(N3CCCC(C(=O)Nc4ccc(C)c(C)c4)C3)nc2)cc1. The molecule has 1 atom stereocenters. The lowest BCUT2D eigenvalue weighted by atomic mass is 9.97. The van der Waals surface area contributed by atoms with Crippen LogP contribution in [0.25, 0.3) is 11.1 Å². The maximum atomic E-state index is 12.8. The first kappa shape index (κ1) is 20.1. The van der Waals surface area contributed by atoms with Crippen LogP contribution >= 0.6 is 0 Å². The second kappa shape index (κ2) is 8.66. The second-order valence-electron chi connectivity index (χ2n) is 8.21. The van der Waals surface area contributed by atoms with Crippen LogP contribution in [0.4, 0.5) is 11.6 Å². The molecule has 154 valence electrons. The average Bonchev–Trinajstić information content (AvgIpc) is 2.77. The zero-order valence-electron chi connectivity index (χ0n) is 17.9. The predicted octanol–water partition coefficient (Wildman–Crippen LogP) is 4.92. The van der Waals surface area contributed by atoms with Crippen molar-refractivity contribution in [3.8, 4) is 11.1 Å². The van der Waals surface area contributed by atoms with Crippen LogP contribution in [0.3, 0.4) is 0 Å². The van der Waals surface area contributed by atoms with E-state index in [4.69, 9.17) is 0 Å². The van der Waals surface area contributed by atoms with E-state index in [1.165, 1.54) is 16.7 Å². The summed E-state index contributed by atoms with van der Waals surface area (Å²) in [5.74, 6) is 0.689. The summed E-state index contributed by atoms with van der Waals surface area (Å²) in [7, 11) is 0. The molecule has 1 amide bonds. The molecule has 2 heterocycles. The van der Waals surface area contributed by atoms with Gasteiger partial charge in [0.1, 0.15) is 0 Å².